The maximum Gasteiger partial charge on any atom is 0.264 e. The van der Waals surface area contributed by atoms with Crippen molar-refractivity contribution in [3.05, 3.63) is 45.0 Å². The largest absolute Gasteiger partial charge is 0.494 e. The van der Waals surface area contributed by atoms with E-state index in [0.29, 0.717) is 18.8 Å². The van der Waals surface area contributed by atoms with Crippen molar-refractivity contribution < 1.29 is 9.84 Å². The van der Waals surface area contributed by atoms with E-state index in [1.165, 1.54) is 10.8 Å². The first kappa shape index (κ1) is 20.2. The van der Waals surface area contributed by atoms with Crippen molar-refractivity contribution >= 4 is 18.4 Å². The van der Waals surface area contributed by atoms with Gasteiger partial charge in [0.1, 0.15) is 11.3 Å². The van der Waals surface area contributed by atoms with Crippen LogP contribution in [-0.2, 0) is 0 Å². The predicted octanol–water partition coefficient (Wildman–Crippen LogP) is 1.32. The highest BCUT2D eigenvalue weighted by Crippen LogP contribution is 2.21. The third-order valence-electron chi connectivity index (χ3n) is 4.50. The lowest BCUT2D eigenvalue weighted by atomic mass is 10.2. The Morgan fingerprint density at radius 1 is 1.29 bits per heavy atom. The van der Waals surface area contributed by atoms with Crippen LogP contribution in [0.15, 0.2) is 34.1 Å². The lowest BCUT2D eigenvalue weighted by Crippen LogP contribution is -2.44. The van der Waals surface area contributed by atoms with E-state index < -0.39 is 5.56 Å². The van der Waals surface area contributed by atoms with Gasteiger partial charge in [-0.05, 0) is 43.4 Å². The van der Waals surface area contributed by atoms with Gasteiger partial charge in [-0.2, -0.15) is 0 Å². The van der Waals surface area contributed by atoms with Gasteiger partial charge in [0.05, 0.1) is 18.8 Å². The van der Waals surface area contributed by atoms with E-state index >= 15 is 0 Å². The van der Waals surface area contributed by atoms with Gasteiger partial charge < -0.3 is 15.2 Å². The Hall–Kier alpha value is -2.49. The van der Waals surface area contributed by atoms with E-state index in [9.17, 15) is 9.90 Å². The van der Waals surface area contributed by atoms with E-state index in [2.05, 4.69) is 20.2 Å². The Kier molecular flexibility index (Phi) is 6.96. The molecule has 9 heteroatoms. The lowest BCUT2D eigenvalue weighted by molar-refractivity contribution is 0.248. The molecule has 0 atom stereocenters. The third-order valence-corrected chi connectivity index (χ3v) is 4.79. The van der Waals surface area contributed by atoms with Crippen LogP contribution in [0.3, 0.4) is 0 Å². The summed E-state index contributed by atoms with van der Waals surface area (Å²) in [7, 11) is 0. The minimum Gasteiger partial charge on any atom is -0.494 e. The van der Waals surface area contributed by atoms with Crippen molar-refractivity contribution in [3.8, 4) is 17.3 Å². The minimum atomic E-state index is -0.462. The molecule has 0 aliphatic carbocycles. The Bertz CT molecular complexity index is 930. The van der Waals surface area contributed by atoms with Crippen molar-refractivity contribution in [1.29, 1.82) is 0 Å². The third kappa shape index (κ3) is 4.86. The molecule has 1 aliphatic rings. The van der Waals surface area contributed by atoms with E-state index in [1.807, 2.05) is 6.92 Å². The molecule has 0 bridgehead atoms. The maximum atomic E-state index is 12.3. The molecule has 1 aromatic heterocycles. The van der Waals surface area contributed by atoms with Gasteiger partial charge in [0.15, 0.2) is 4.77 Å². The fraction of sp³-hybridized carbons (Fsp3) is 0.421. The first-order valence-corrected chi connectivity index (χ1v) is 9.75. The SMILES string of the molecule is CCOc1ccc(-n2c(O)c(C=NCCN3CCNCC3)c(=O)[nH]c2=S)cc1. The molecule has 3 N–H and O–H groups in total. The zero-order chi connectivity index (χ0) is 19.9. The number of hydrogen-bond acceptors (Lipinski definition) is 7. The molecule has 2 aromatic rings. The zero-order valence-electron chi connectivity index (χ0n) is 15.9. The van der Waals surface area contributed by atoms with E-state index in [0.717, 1.165) is 38.5 Å². The summed E-state index contributed by atoms with van der Waals surface area (Å²) in [4.78, 5) is 21.5. The number of aromatic amines is 1. The number of nitrogens with zero attached hydrogens (tertiary/aromatic N) is 3. The summed E-state index contributed by atoms with van der Waals surface area (Å²) in [6.07, 6.45) is 1.41. The summed E-state index contributed by atoms with van der Waals surface area (Å²) in [6.45, 7) is 7.78. The van der Waals surface area contributed by atoms with E-state index in [-0.39, 0.29) is 16.2 Å². The van der Waals surface area contributed by atoms with Crippen molar-refractivity contribution in [1.82, 2.24) is 19.8 Å². The number of piperazine rings is 1. The summed E-state index contributed by atoms with van der Waals surface area (Å²) in [5, 5.41) is 14.0. The smallest absolute Gasteiger partial charge is 0.264 e. The molecular weight excluding hydrogens is 378 g/mol. The summed E-state index contributed by atoms with van der Waals surface area (Å²) >= 11 is 5.23. The number of aromatic nitrogens is 2. The van der Waals surface area contributed by atoms with Gasteiger partial charge in [0, 0.05) is 38.9 Å². The second-order valence-corrected chi connectivity index (χ2v) is 6.77. The lowest BCUT2D eigenvalue weighted by Gasteiger charge is -2.26. The van der Waals surface area contributed by atoms with Crippen LogP contribution >= 0.6 is 12.2 Å². The molecule has 8 nitrogen and oxygen atoms in total. The molecule has 0 saturated carbocycles. The van der Waals surface area contributed by atoms with Gasteiger partial charge in [0.25, 0.3) is 5.56 Å². The number of ether oxygens (including phenoxy) is 1. The molecule has 1 aromatic carbocycles. The topological polar surface area (TPSA) is 94.9 Å². The monoisotopic (exact) mass is 403 g/mol. The Morgan fingerprint density at radius 3 is 2.68 bits per heavy atom. The minimum absolute atomic E-state index is 0.0859. The van der Waals surface area contributed by atoms with Crippen LogP contribution in [0.2, 0.25) is 0 Å². The average molecular weight is 404 g/mol. The van der Waals surface area contributed by atoms with Crippen molar-refractivity contribution in [2.45, 2.75) is 6.92 Å². The Balaban J connectivity index is 1.80. The average Bonchev–Trinajstić information content (AvgIpc) is 2.69. The maximum absolute atomic E-state index is 12.3. The van der Waals surface area contributed by atoms with Crippen LogP contribution in [0.5, 0.6) is 11.6 Å². The van der Waals surface area contributed by atoms with Crippen LogP contribution in [0.1, 0.15) is 12.5 Å². The van der Waals surface area contributed by atoms with Crippen LogP contribution in [0.25, 0.3) is 5.69 Å². The molecule has 0 amide bonds. The van der Waals surface area contributed by atoms with Gasteiger partial charge in [0.2, 0.25) is 5.88 Å². The fourth-order valence-electron chi connectivity index (χ4n) is 3.04. The standard InChI is InChI=1S/C19H25N5O3S/c1-2-27-15-5-3-14(4-6-15)24-18(26)16(17(25)22-19(24)28)13-21-9-12-23-10-7-20-8-11-23/h3-6,13,20,26H,2,7-12H2,1H3,(H,22,25,28). The number of H-pyrrole nitrogens is 1. The summed E-state index contributed by atoms with van der Waals surface area (Å²) < 4.78 is 6.95. The number of hydrogen-bond donors (Lipinski definition) is 3. The molecule has 150 valence electrons. The van der Waals surface area contributed by atoms with Crippen LogP contribution in [-0.4, -0.2) is 71.6 Å². The summed E-state index contributed by atoms with van der Waals surface area (Å²) in [5.74, 6) is 0.486. The Morgan fingerprint density at radius 2 is 2.00 bits per heavy atom. The molecule has 1 fully saturated rings. The number of aromatic hydroxyl groups is 1. The van der Waals surface area contributed by atoms with Crippen molar-refractivity contribution in [2.24, 2.45) is 4.99 Å². The molecule has 3 rings (SSSR count). The second kappa shape index (κ2) is 9.63. The highest BCUT2D eigenvalue weighted by Gasteiger charge is 2.13. The normalized spacial score (nSPS) is 15.2. The van der Waals surface area contributed by atoms with Gasteiger partial charge in [-0.25, -0.2) is 0 Å². The van der Waals surface area contributed by atoms with Crippen LogP contribution in [0, 0.1) is 4.77 Å². The number of nitrogens with one attached hydrogen (secondary N) is 2. The molecule has 2 heterocycles. The first-order valence-electron chi connectivity index (χ1n) is 9.34. The van der Waals surface area contributed by atoms with Crippen LogP contribution < -0.4 is 15.6 Å². The van der Waals surface area contributed by atoms with Crippen molar-refractivity contribution in [2.75, 3.05) is 45.9 Å². The van der Waals surface area contributed by atoms with Gasteiger partial charge in [-0.1, -0.05) is 0 Å². The van der Waals surface area contributed by atoms with Crippen molar-refractivity contribution in [3.63, 3.8) is 0 Å². The van der Waals surface area contributed by atoms with Gasteiger partial charge in [-0.3, -0.25) is 24.2 Å². The van der Waals surface area contributed by atoms with E-state index in [4.69, 9.17) is 17.0 Å². The predicted molar refractivity (Wildman–Crippen MR) is 112 cm³/mol. The first-order chi connectivity index (χ1) is 13.6. The fourth-order valence-corrected chi connectivity index (χ4v) is 3.33. The highest BCUT2D eigenvalue weighted by atomic mass is 32.1. The summed E-state index contributed by atoms with van der Waals surface area (Å²) in [6, 6.07) is 7.10. The second-order valence-electron chi connectivity index (χ2n) is 6.39. The molecule has 0 unspecified atom stereocenters. The number of rotatable bonds is 7. The van der Waals surface area contributed by atoms with E-state index in [1.54, 1.807) is 24.3 Å². The highest BCUT2D eigenvalue weighted by molar-refractivity contribution is 7.71. The molecule has 1 saturated heterocycles. The molecule has 28 heavy (non-hydrogen) atoms. The quantitative estimate of drug-likeness (QED) is 0.477. The zero-order valence-corrected chi connectivity index (χ0v) is 16.7. The number of benzene rings is 1. The number of aliphatic imine (C=N–C) groups is 1. The Labute approximate surface area is 168 Å². The van der Waals surface area contributed by atoms with Gasteiger partial charge in [-0.15, -0.1) is 0 Å². The molecular formula is C19H25N5O3S. The molecule has 0 radical (unpaired) electrons. The molecule has 0 spiro atoms. The molecule has 1 aliphatic heterocycles. The van der Waals surface area contributed by atoms with Crippen LogP contribution in [0.4, 0.5) is 0 Å². The van der Waals surface area contributed by atoms with Gasteiger partial charge >= 0.3 is 0 Å². The summed E-state index contributed by atoms with van der Waals surface area (Å²) in [5.41, 5.74) is 0.246.